The first kappa shape index (κ1) is 18.4. The lowest BCUT2D eigenvalue weighted by molar-refractivity contribution is -0.135. The number of carbonyl (C=O) groups is 1. The molecule has 3 heterocycles. The fourth-order valence-electron chi connectivity index (χ4n) is 3.58. The maximum absolute atomic E-state index is 12.5. The van der Waals surface area contributed by atoms with Crippen molar-refractivity contribution >= 4 is 16.9 Å². The van der Waals surface area contributed by atoms with Crippen LogP contribution >= 0.6 is 0 Å². The van der Waals surface area contributed by atoms with E-state index >= 15 is 0 Å². The molecule has 0 bridgehead atoms. The number of ether oxygens (including phenoxy) is 1. The molecule has 0 atom stereocenters. The first-order valence-electron chi connectivity index (χ1n) is 9.54. The van der Waals surface area contributed by atoms with Crippen molar-refractivity contribution in [1.29, 1.82) is 0 Å². The summed E-state index contributed by atoms with van der Waals surface area (Å²) in [6.07, 6.45) is 0. The summed E-state index contributed by atoms with van der Waals surface area (Å²) in [4.78, 5) is 21.2. The molecule has 0 N–H and O–H groups in total. The minimum absolute atomic E-state index is 0.000116. The quantitative estimate of drug-likeness (QED) is 0.695. The standard InChI is InChI=1S/C21H25N5O2/c1-15-13-18(28-14-19(27)25-11-9-24(3)10-12-25)22-21-20(15)16(2)23-26(21)17-7-5-4-6-8-17/h4-8,13H,9-12,14H2,1-3H3. The summed E-state index contributed by atoms with van der Waals surface area (Å²) in [5.74, 6) is 0.449. The van der Waals surface area contributed by atoms with Crippen molar-refractivity contribution in [3.8, 4) is 11.6 Å². The zero-order valence-electron chi connectivity index (χ0n) is 16.6. The summed E-state index contributed by atoms with van der Waals surface area (Å²) in [6, 6.07) is 11.8. The lowest BCUT2D eigenvalue weighted by Crippen LogP contribution is -2.48. The number of amides is 1. The van der Waals surface area contributed by atoms with E-state index in [1.807, 2.05) is 59.8 Å². The van der Waals surface area contributed by atoms with Gasteiger partial charge in [0.25, 0.3) is 5.91 Å². The second-order valence-corrected chi connectivity index (χ2v) is 7.28. The highest BCUT2D eigenvalue weighted by molar-refractivity contribution is 5.84. The van der Waals surface area contributed by atoms with Gasteiger partial charge in [-0.05, 0) is 38.6 Å². The van der Waals surface area contributed by atoms with Gasteiger partial charge >= 0.3 is 0 Å². The molecular formula is C21H25N5O2. The van der Waals surface area contributed by atoms with Crippen LogP contribution in [0.15, 0.2) is 36.4 Å². The van der Waals surface area contributed by atoms with Crippen LogP contribution in [0.3, 0.4) is 0 Å². The van der Waals surface area contributed by atoms with Gasteiger partial charge in [-0.1, -0.05) is 18.2 Å². The molecule has 1 aliphatic rings. The van der Waals surface area contributed by atoms with Crippen molar-refractivity contribution in [2.75, 3.05) is 39.8 Å². The normalized spacial score (nSPS) is 15.2. The molecular weight excluding hydrogens is 354 g/mol. The summed E-state index contributed by atoms with van der Waals surface area (Å²) in [5.41, 5.74) is 3.64. The molecule has 1 aromatic carbocycles. The minimum atomic E-state index is 0.000116. The van der Waals surface area contributed by atoms with Gasteiger partial charge in [0.2, 0.25) is 5.88 Å². The van der Waals surface area contributed by atoms with Crippen LogP contribution < -0.4 is 4.74 Å². The highest BCUT2D eigenvalue weighted by Crippen LogP contribution is 2.26. The third kappa shape index (κ3) is 3.57. The topological polar surface area (TPSA) is 63.5 Å². The molecule has 1 amide bonds. The summed E-state index contributed by atoms with van der Waals surface area (Å²) in [7, 11) is 2.07. The Balaban J connectivity index is 1.57. The van der Waals surface area contributed by atoms with Crippen LogP contribution in [-0.4, -0.2) is 70.3 Å². The van der Waals surface area contributed by atoms with Crippen LogP contribution in [0.4, 0.5) is 0 Å². The maximum Gasteiger partial charge on any atom is 0.260 e. The van der Waals surface area contributed by atoms with Crippen molar-refractivity contribution in [2.45, 2.75) is 13.8 Å². The predicted molar refractivity (Wildman–Crippen MR) is 108 cm³/mol. The lowest BCUT2D eigenvalue weighted by Gasteiger charge is -2.32. The molecule has 7 heteroatoms. The fourth-order valence-corrected chi connectivity index (χ4v) is 3.58. The molecule has 7 nitrogen and oxygen atoms in total. The molecule has 4 rings (SSSR count). The van der Waals surface area contributed by atoms with Gasteiger partial charge in [0.05, 0.1) is 11.4 Å². The number of benzene rings is 1. The summed E-state index contributed by atoms with van der Waals surface area (Å²) >= 11 is 0. The molecule has 28 heavy (non-hydrogen) atoms. The fraction of sp³-hybridized carbons (Fsp3) is 0.381. The number of aryl methyl sites for hydroxylation is 2. The molecule has 1 aliphatic heterocycles. The van der Waals surface area contributed by atoms with Crippen molar-refractivity contribution < 1.29 is 9.53 Å². The van der Waals surface area contributed by atoms with Gasteiger partial charge in [-0.15, -0.1) is 0 Å². The number of fused-ring (bicyclic) bond motifs is 1. The molecule has 0 spiro atoms. The molecule has 0 radical (unpaired) electrons. The Morgan fingerprint density at radius 3 is 2.54 bits per heavy atom. The van der Waals surface area contributed by atoms with E-state index in [1.54, 1.807) is 0 Å². The molecule has 0 saturated carbocycles. The molecule has 2 aromatic heterocycles. The van der Waals surface area contributed by atoms with Crippen molar-refractivity contribution in [3.05, 3.63) is 47.7 Å². The number of aromatic nitrogens is 3. The molecule has 0 aliphatic carbocycles. The lowest BCUT2D eigenvalue weighted by atomic mass is 10.2. The molecule has 146 valence electrons. The van der Waals surface area contributed by atoms with E-state index in [2.05, 4.69) is 22.0 Å². The van der Waals surface area contributed by atoms with Crippen molar-refractivity contribution in [2.24, 2.45) is 0 Å². The molecule has 1 fully saturated rings. The Hall–Kier alpha value is -2.93. The van der Waals surface area contributed by atoms with E-state index < -0.39 is 0 Å². The number of piperazine rings is 1. The SMILES string of the molecule is Cc1cc(OCC(=O)N2CCN(C)CC2)nc2c1c(C)nn2-c1ccccc1. The van der Waals surface area contributed by atoms with E-state index in [0.717, 1.165) is 54.2 Å². The van der Waals surface area contributed by atoms with Gasteiger partial charge in [0, 0.05) is 37.6 Å². The second kappa shape index (κ2) is 7.59. The van der Waals surface area contributed by atoms with Gasteiger partial charge in [0.1, 0.15) is 0 Å². The number of pyridine rings is 1. The summed E-state index contributed by atoms with van der Waals surface area (Å²) in [6.45, 7) is 7.26. The number of hydrogen-bond acceptors (Lipinski definition) is 5. The van der Waals surface area contributed by atoms with E-state index in [0.29, 0.717) is 5.88 Å². The average Bonchev–Trinajstić information content (AvgIpc) is 3.04. The number of likely N-dealkylation sites (N-methyl/N-ethyl adjacent to an activating group) is 1. The maximum atomic E-state index is 12.5. The van der Waals surface area contributed by atoms with Crippen LogP contribution in [0.5, 0.6) is 5.88 Å². The molecule has 0 unspecified atom stereocenters. The highest BCUT2D eigenvalue weighted by atomic mass is 16.5. The van der Waals surface area contributed by atoms with Crippen LogP contribution in [0, 0.1) is 13.8 Å². The van der Waals surface area contributed by atoms with Crippen molar-refractivity contribution in [1.82, 2.24) is 24.6 Å². The van der Waals surface area contributed by atoms with Crippen molar-refractivity contribution in [3.63, 3.8) is 0 Å². The third-order valence-corrected chi connectivity index (χ3v) is 5.19. The summed E-state index contributed by atoms with van der Waals surface area (Å²) < 4.78 is 7.61. The van der Waals surface area contributed by atoms with E-state index in [1.165, 1.54) is 0 Å². The smallest absolute Gasteiger partial charge is 0.260 e. The van der Waals surface area contributed by atoms with E-state index in [9.17, 15) is 4.79 Å². The van der Waals surface area contributed by atoms with Gasteiger partial charge < -0.3 is 14.5 Å². The Kier molecular flexibility index (Phi) is 5.00. The largest absolute Gasteiger partial charge is 0.467 e. The third-order valence-electron chi connectivity index (χ3n) is 5.19. The van der Waals surface area contributed by atoms with Gasteiger partial charge in [-0.3, -0.25) is 4.79 Å². The number of rotatable bonds is 4. The molecule has 3 aromatic rings. The Morgan fingerprint density at radius 1 is 1.11 bits per heavy atom. The van der Waals surface area contributed by atoms with Gasteiger partial charge in [-0.25, -0.2) is 4.68 Å². The Bertz CT molecular complexity index is 991. The van der Waals surface area contributed by atoms with Gasteiger partial charge in [0.15, 0.2) is 12.3 Å². The number of para-hydroxylation sites is 1. The van der Waals surface area contributed by atoms with Crippen LogP contribution in [0.25, 0.3) is 16.7 Å². The minimum Gasteiger partial charge on any atom is -0.467 e. The van der Waals surface area contributed by atoms with Crippen LogP contribution in [0.2, 0.25) is 0 Å². The summed E-state index contributed by atoms with van der Waals surface area (Å²) in [5, 5.41) is 5.67. The number of hydrogen-bond donors (Lipinski definition) is 0. The highest BCUT2D eigenvalue weighted by Gasteiger charge is 2.20. The number of nitrogens with zero attached hydrogens (tertiary/aromatic N) is 5. The number of carbonyl (C=O) groups excluding carboxylic acids is 1. The Morgan fingerprint density at radius 2 is 1.82 bits per heavy atom. The zero-order valence-corrected chi connectivity index (χ0v) is 16.6. The van der Waals surface area contributed by atoms with Crippen LogP contribution in [0.1, 0.15) is 11.3 Å². The molecule has 1 saturated heterocycles. The Labute approximate surface area is 164 Å². The first-order chi connectivity index (χ1) is 13.5. The zero-order chi connectivity index (χ0) is 19.7. The first-order valence-corrected chi connectivity index (χ1v) is 9.54. The second-order valence-electron chi connectivity index (χ2n) is 7.28. The predicted octanol–water partition coefficient (Wildman–Crippen LogP) is 2.19. The van der Waals surface area contributed by atoms with Crippen LogP contribution in [-0.2, 0) is 4.79 Å². The van der Waals surface area contributed by atoms with E-state index in [4.69, 9.17) is 4.74 Å². The average molecular weight is 379 g/mol. The monoisotopic (exact) mass is 379 g/mol. The van der Waals surface area contributed by atoms with Gasteiger partial charge in [-0.2, -0.15) is 10.1 Å². The van der Waals surface area contributed by atoms with E-state index in [-0.39, 0.29) is 12.5 Å².